The van der Waals surface area contributed by atoms with Crippen molar-refractivity contribution in [2.45, 2.75) is 12.5 Å². The molecule has 0 spiro atoms. The van der Waals surface area contributed by atoms with Gasteiger partial charge in [0.25, 0.3) is 0 Å². The minimum Gasteiger partial charge on any atom is -0.450 e. The van der Waals surface area contributed by atoms with Gasteiger partial charge in [0, 0.05) is 11.6 Å². The van der Waals surface area contributed by atoms with Crippen molar-refractivity contribution in [3.8, 4) is 0 Å². The average molecular weight is 342 g/mol. The Morgan fingerprint density at radius 3 is 2.59 bits per heavy atom. The van der Waals surface area contributed by atoms with Crippen molar-refractivity contribution in [3.63, 3.8) is 0 Å². The molecule has 116 valence electrons. The van der Waals surface area contributed by atoms with Crippen LogP contribution in [0.3, 0.4) is 0 Å². The molecule has 5 nitrogen and oxygen atoms in total. The van der Waals surface area contributed by atoms with Crippen LogP contribution in [-0.4, -0.2) is 23.3 Å². The summed E-state index contributed by atoms with van der Waals surface area (Å²) in [5.41, 5.74) is 0.514. The van der Waals surface area contributed by atoms with Gasteiger partial charge in [0.05, 0.1) is 16.0 Å². The van der Waals surface area contributed by atoms with Crippen LogP contribution in [0.25, 0.3) is 0 Å². The molecule has 0 radical (unpaired) electrons. The number of fused-ring (bicyclic) bond motifs is 2. The van der Waals surface area contributed by atoms with Gasteiger partial charge in [-0.2, -0.15) is 0 Å². The predicted octanol–water partition coefficient (Wildman–Crippen LogP) is 3.82. The molecule has 1 saturated carbocycles. The second kappa shape index (κ2) is 5.82. The summed E-state index contributed by atoms with van der Waals surface area (Å²) in [7, 11) is 0. The van der Waals surface area contributed by atoms with E-state index >= 15 is 0 Å². The molecule has 2 bridgehead atoms. The number of hydrogen-bond donors (Lipinski definition) is 2. The van der Waals surface area contributed by atoms with Gasteiger partial charge in [0.1, 0.15) is 6.10 Å². The molecule has 1 amide bonds. The van der Waals surface area contributed by atoms with Gasteiger partial charge in [-0.15, -0.1) is 0 Å². The molecular formula is C15H13Cl2NO4. The molecule has 0 aromatic heterocycles. The normalized spacial score (nSPS) is 28.6. The zero-order valence-corrected chi connectivity index (χ0v) is 12.8. The van der Waals surface area contributed by atoms with E-state index in [1.807, 2.05) is 12.2 Å². The predicted molar refractivity (Wildman–Crippen MR) is 82.2 cm³/mol. The van der Waals surface area contributed by atoms with Crippen LogP contribution in [0.15, 0.2) is 30.4 Å². The van der Waals surface area contributed by atoms with Crippen molar-refractivity contribution in [2.75, 3.05) is 5.32 Å². The van der Waals surface area contributed by atoms with Crippen LogP contribution in [0.2, 0.25) is 10.0 Å². The van der Waals surface area contributed by atoms with Gasteiger partial charge in [-0.25, -0.2) is 4.79 Å². The fourth-order valence-corrected chi connectivity index (χ4v) is 3.50. The summed E-state index contributed by atoms with van der Waals surface area (Å²) in [6, 6.07) is 4.78. The van der Waals surface area contributed by atoms with Crippen LogP contribution in [0.4, 0.5) is 10.5 Å². The first-order chi connectivity index (χ1) is 10.5. The lowest BCUT2D eigenvalue weighted by molar-refractivity contribution is -0.124. The average Bonchev–Trinajstić information content (AvgIpc) is 3.03. The van der Waals surface area contributed by atoms with E-state index in [-0.39, 0.29) is 17.7 Å². The highest BCUT2D eigenvalue weighted by Gasteiger charge is 2.50. The first-order valence-corrected chi connectivity index (χ1v) is 7.55. The van der Waals surface area contributed by atoms with E-state index in [9.17, 15) is 9.59 Å². The summed E-state index contributed by atoms with van der Waals surface area (Å²) >= 11 is 11.8. The summed E-state index contributed by atoms with van der Waals surface area (Å²) in [5.74, 6) is -0.843. The zero-order valence-electron chi connectivity index (χ0n) is 11.3. The molecule has 2 N–H and O–H groups in total. The first-order valence-electron chi connectivity index (χ1n) is 6.79. The Labute approximate surface area is 136 Å². The molecule has 1 fully saturated rings. The number of allylic oxidation sites excluding steroid dienone is 1. The van der Waals surface area contributed by atoms with Gasteiger partial charge in [-0.05, 0) is 30.5 Å². The van der Waals surface area contributed by atoms with Gasteiger partial charge in [-0.1, -0.05) is 35.4 Å². The monoisotopic (exact) mass is 341 g/mol. The van der Waals surface area contributed by atoms with Crippen LogP contribution < -0.4 is 5.32 Å². The lowest BCUT2D eigenvalue weighted by Crippen LogP contribution is -2.38. The lowest BCUT2D eigenvalue weighted by atomic mass is 9.90. The largest absolute Gasteiger partial charge is 0.506 e. The van der Waals surface area contributed by atoms with Crippen LogP contribution in [0, 0.1) is 17.8 Å². The van der Waals surface area contributed by atoms with Gasteiger partial charge < -0.3 is 15.2 Å². The van der Waals surface area contributed by atoms with Crippen molar-refractivity contribution >= 4 is 41.0 Å². The quantitative estimate of drug-likeness (QED) is 0.647. The van der Waals surface area contributed by atoms with Crippen LogP contribution in [0.1, 0.15) is 6.42 Å². The van der Waals surface area contributed by atoms with Crippen molar-refractivity contribution in [3.05, 3.63) is 40.4 Å². The number of halogens is 2. The molecule has 1 aromatic rings. The van der Waals surface area contributed by atoms with Crippen LogP contribution in [0.5, 0.6) is 0 Å². The number of benzene rings is 1. The molecule has 4 atom stereocenters. The van der Waals surface area contributed by atoms with Crippen molar-refractivity contribution < 1.29 is 19.4 Å². The summed E-state index contributed by atoms with van der Waals surface area (Å²) in [4.78, 5) is 23.3. The van der Waals surface area contributed by atoms with Gasteiger partial charge in [-0.3, -0.25) is 4.79 Å². The fourth-order valence-electron chi connectivity index (χ4n) is 3.20. The van der Waals surface area contributed by atoms with E-state index in [0.717, 1.165) is 6.42 Å². The number of anilines is 1. The third-order valence-electron chi connectivity index (χ3n) is 4.11. The van der Waals surface area contributed by atoms with E-state index in [1.54, 1.807) is 18.2 Å². The molecule has 4 unspecified atom stereocenters. The number of ether oxygens (including phenoxy) is 1. The summed E-state index contributed by atoms with van der Waals surface area (Å²) in [5, 5.41) is 12.3. The number of hydrogen-bond acceptors (Lipinski definition) is 3. The van der Waals surface area contributed by atoms with E-state index in [1.165, 1.54) is 0 Å². The first kappa shape index (κ1) is 15.2. The standard InChI is InChI=1S/C15H13Cl2NO4/c16-10-4-3-9(6-11(10)17)18-14(19)12-7-1-2-8(5-7)13(12)22-15(20)21/h1-4,6-8,12-13H,5H2,(H,18,19)(H,20,21). The smallest absolute Gasteiger partial charge is 0.450 e. The van der Waals surface area contributed by atoms with E-state index in [4.69, 9.17) is 33.0 Å². The van der Waals surface area contributed by atoms with Crippen LogP contribution in [-0.2, 0) is 9.53 Å². The molecule has 22 heavy (non-hydrogen) atoms. The molecule has 0 heterocycles. The molecule has 0 aliphatic heterocycles. The highest BCUT2D eigenvalue weighted by molar-refractivity contribution is 6.42. The van der Waals surface area contributed by atoms with Crippen molar-refractivity contribution in [1.29, 1.82) is 0 Å². The maximum absolute atomic E-state index is 12.5. The highest BCUT2D eigenvalue weighted by atomic mass is 35.5. The Kier molecular flexibility index (Phi) is 4.02. The topological polar surface area (TPSA) is 75.6 Å². The third kappa shape index (κ3) is 2.78. The Bertz CT molecular complexity index is 661. The Balaban J connectivity index is 1.77. The lowest BCUT2D eigenvalue weighted by Gasteiger charge is -2.25. The van der Waals surface area contributed by atoms with Crippen molar-refractivity contribution in [2.24, 2.45) is 17.8 Å². The Hall–Kier alpha value is -1.72. The Morgan fingerprint density at radius 2 is 1.91 bits per heavy atom. The molecule has 7 heteroatoms. The van der Waals surface area contributed by atoms with Gasteiger partial charge >= 0.3 is 6.16 Å². The maximum atomic E-state index is 12.5. The van der Waals surface area contributed by atoms with Gasteiger partial charge in [0.15, 0.2) is 0 Å². The maximum Gasteiger partial charge on any atom is 0.506 e. The zero-order chi connectivity index (χ0) is 15.9. The Morgan fingerprint density at radius 1 is 1.18 bits per heavy atom. The number of nitrogens with one attached hydrogen (secondary N) is 1. The summed E-state index contributed by atoms with van der Waals surface area (Å²) in [6.45, 7) is 0. The number of rotatable bonds is 3. The highest BCUT2D eigenvalue weighted by Crippen LogP contribution is 2.45. The molecule has 3 rings (SSSR count). The SMILES string of the molecule is O=C(O)OC1C2C=CC(C2)C1C(=O)Nc1ccc(Cl)c(Cl)c1. The molecule has 2 aliphatic rings. The molecule has 0 saturated heterocycles. The van der Waals surface area contributed by atoms with E-state index in [2.05, 4.69) is 5.32 Å². The minimum absolute atomic E-state index is 0.00266. The van der Waals surface area contributed by atoms with Crippen molar-refractivity contribution in [1.82, 2.24) is 0 Å². The number of carbonyl (C=O) groups is 2. The number of carbonyl (C=O) groups excluding carboxylic acids is 1. The fraction of sp³-hybridized carbons (Fsp3) is 0.333. The molecular weight excluding hydrogens is 329 g/mol. The van der Waals surface area contributed by atoms with Crippen LogP contribution >= 0.6 is 23.2 Å². The molecule has 1 aromatic carbocycles. The summed E-state index contributed by atoms with van der Waals surface area (Å²) < 4.78 is 4.92. The number of carboxylic acid groups (broad SMARTS) is 1. The second-order valence-electron chi connectivity index (χ2n) is 5.44. The van der Waals surface area contributed by atoms with E-state index in [0.29, 0.717) is 15.7 Å². The number of amides is 1. The third-order valence-corrected chi connectivity index (χ3v) is 4.85. The van der Waals surface area contributed by atoms with Gasteiger partial charge in [0.2, 0.25) is 5.91 Å². The molecule has 2 aliphatic carbocycles. The summed E-state index contributed by atoms with van der Waals surface area (Å²) in [6.07, 6.45) is 2.60. The minimum atomic E-state index is -1.36. The van der Waals surface area contributed by atoms with E-state index < -0.39 is 18.2 Å². The second-order valence-corrected chi connectivity index (χ2v) is 6.26.